The van der Waals surface area contributed by atoms with E-state index >= 15 is 0 Å². The Morgan fingerprint density at radius 3 is 2.38 bits per heavy atom. The van der Waals surface area contributed by atoms with Gasteiger partial charge in [-0.05, 0) is 60.9 Å². The molecule has 1 aliphatic heterocycles. The van der Waals surface area contributed by atoms with E-state index < -0.39 is 0 Å². The van der Waals surface area contributed by atoms with Crippen LogP contribution in [0.3, 0.4) is 0 Å². The van der Waals surface area contributed by atoms with E-state index in [0.29, 0.717) is 24.8 Å². The quantitative estimate of drug-likeness (QED) is 0.729. The number of carbonyl (C=O) groups is 2. The zero-order chi connectivity index (χ0) is 20.8. The minimum atomic E-state index is -0.383. The zero-order valence-corrected chi connectivity index (χ0v) is 17.2. The molecule has 2 amide bonds. The summed E-state index contributed by atoms with van der Waals surface area (Å²) in [5.74, 6) is 1.52. The van der Waals surface area contributed by atoms with Crippen molar-refractivity contribution in [3.05, 3.63) is 48.5 Å². The lowest BCUT2D eigenvalue weighted by Crippen LogP contribution is -2.28. The molecule has 1 heterocycles. The van der Waals surface area contributed by atoms with Crippen molar-refractivity contribution in [1.82, 2.24) is 0 Å². The van der Waals surface area contributed by atoms with Gasteiger partial charge in [0.15, 0.2) is 0 Å². The molecule has 0 bridgehead atoms. The van der Waals surface area contributed by atoms with E-state index in [1.54, 1.807) is 24.1 Å². The Labute approximate surface area is 171 Å². The zero-order valence-electron chi connectivity index (χ0n) is 17.2. The highest BCUT2D eigenvalue weighted by Crippen LogP contribution is 2.28. The highest BCUT2D eigenvalue weighted by Gasteiger charge is 2.35. The standard InChI is InChI=1S/C23H28N2O4/c1-16(2)12-13-29-21-8-4-18(5-9-21)24-23(27)17-14-22(26)25(15-17)19-6-10-20(28-3)11-7-19/h4-11,16-17H,12-15H2,1-3H3,(H,24,27)/t17-/m1/s1. The predicted octanol–water partition coefficient (Wildman–Crippen LogP) is 4.11. The van der Waals surface area contributed by atoms with E-state index in [1.165, 1.54) is 0 Å². The normalized spacial score (nSPS) is 16.2. The van der Waals surface area contributed by atoms with Crippen LogP contribution in [0.5, 0.6) is 11.5 Å². The van der Waals surface area contributed by atoms with Gasteiger partial charge in [-0.25, -0.2) is 0 Å². The van der Waals surface area contributed by atoms with E-state index in [2.05, 4.69) is 19.2 Å². The van der Waals surface area contributed by atoms with Gasteiger partial charge in [0.25, 0.3) is 0 Å². The molecule has 0 unspecified atom stereocenters. The van der Waals surface area contributed by atoms with E-state index in [4.69, 9.17) is 9.47 Å². The Balaban J connectivity index is 1.54. The molecule has 29 heavy (non-hydrogen) atoms. The van der Waals surface area contributed by atoms with Crippen LogP contribution in [0.2, 0.25) is 0 Å². The smallest absolute Gasteiger partial charge is 0.229 e. The molecule has 1 atom stereocenters. The first-order chi connectivity index (χ1) is 14.0. The SMILES string of the molecule is COc1ccc(N2C[C@H](C(=O)Nc3ccc(OCCC(C)C)cc3)CC2=O)cc1. The third kappa shape index (κ3) is 5.50. The number of rotatable bonds is 8. The minimum absolute atomic E-state index is 0.0517. The predicted molar refractivity (Wildman–Crippen MR) is 113 cm³/mol. The molecule has 0 saturated carbocycles. The molecule has 0 aliphatic carbocycles. The van der Waals surface area contributed by atoms with Crippen LogP contribution in [0, 0.1) is 11.8 Å². The second-order valence-corrected chi connectivity index (χ2v) is 7.65. The third-order valence-electron chi connectivity index (χ3n) is 4.97. The van der Waals surface area contributed by atoms with Gasteiger partial charge in [0.2, 0.25) is 11.8 Å². The minimum Gasteiger partial charge on any atom is -0.497 e. The number of hydrogen-bond acceptors (Lipinski definition) is 4. The fourth-order valence-electron chi connectivity index (χ4n) is 3.19. The number of carbonyl (C=O) groups excluding carboxylic acids is 2. The van der Waals surface area contributed by atoms with Gasteiger partial charge in [-0.15, -0.1) is 0 Å². The number of anilines is 2. The van der Waals surface area contributed by atoms with Gasteiger partial charge in [0.05, 0.1) is 19.6 Å². The number of ether oxygens (including phenoxy) is 2. The summed E-state index contributed by atoms with van der Waals surface area (Å²) in [6, 6.07) is 14.6. The third-order valence-corrected chi connectivity index (χ3v) is 4.97. The maximum absolute atomic E-state index is 12.6. The fourth-order valence-corrected chi connectivity index (χ4v) is 3.19. The maximum atomic E-state index is 12.6. The van der Waals surface area contributed by atoms with Gasteiger partial charge in [-0.3, -0.25) is 9.59 Å². The van der Waals surface area contributed by atoms with Crippen molar-refractivity contribution in [3.63, 3.8) is 0 Å². The van der Waals surface area contributed by atoms with Gasteiger partial charge in [0, 0.05) is 24.3 Å². The Kier molecular flexibility index (Phi) is 6.75. The first kappa shape index (κ1) is 20.7. The van der Waals surface area contributed by atoms with Crippen LogP contribution < -0.4 is 19.7 Å². The molecule has 6 heteroatoms. The molecule has 2 aromatic rings. The Hall–Kier alpha value is -3.02. The van der Waals surface area contributed by atoms with Crippen LogP contribution in [0.1, 0.15) is 26.7 Å². The summed E-state index contributed by atoms with van der Waals surface area (Å²) in [7, 11) is 1.60. The second kappa shape index (κ2) is 9.45. The monoisotopic (exact) mass is 396 g/mol. The molecular formula is C23H28N2O4. The van der Waals surface area contributed by atoms with E-state index in [1.807, 2.05) is 36.4 Å². The van der Waals surface area contributed by atoms with E-state index in [9.17, 15) is 9.59 Å². The van der Waals surface area contributed by atoms with Crippen LogP contribution in [0.25, 0.3) is 0 Å². The van der Waals surface area contributed by atoms with Crippen LogP contribution in [0.4, 0.5) is 11.4 Å². The van der Waals surface area contributed by atoms with Crippen molar-refractivity contribution >= 4 is 23.2 Å². The number of methoxy groups -OCH3 is 1. The molecule has 1 saturated heterocycles. The van der Waals surface area contributed by atoms with Crippen molar-refractivity contribution in [2.75, 3.05) is 30.5 Å². The van der Waals surface area contributed by atoms with Crippen LogP contribution in [-0.2, 0) is 9.59 Å². The summed E-state index contributed by atoms with van der Waals surface area (Å²) in [4.78, 5) is 26.7. The van der Waals surface area contributed by atoms with Crippen molar-refractivity contribution < 1.29 is 19.1 Å². The topological polar surface area (TPSA) is 67.9 Å². The summed E-state index contributed by atoms with van der Waals surface area (Å²) >= 11 is 0. The average Bonchev–Trinajstić information content (AvgIpc) is 3.11. The first-order valence-electron chi connectivity index (χ1n) is 9.94. The van der Waals surface area contributed by atoms with Crippen molar-refractivity contribution in [1.29, 1.82) is 0 Å². The molecule has 6 nitrogen and oxygen atoms in total. The van der Waals surface area contributed by atoms with Gasteiger partial charge < -0.3 is 19.7 Å². The lowest BCUT2D eigenvalue weighted by Gasteiger charge is -2.17. The summed E-state index contributed by atoms with van der Waals surface area (Å²) in [6.07, 6.45) is 1.20. The number of nitrogens with zero attached hydrogens (tertiary/aromatic N) is 1. The Morgan fingerprint density at radius 1 is 1.10 bits per heavy atom. The maximum Gasteiger partial charge on any atom is 0.229 e. The molecule has 0 spiro atoms. The van der Waals surface area contributed by atoms with Crippen molar-refractivity contribution in [3.8, 4) is 11.5 Å². The van der Waals surface area contributed by atoms with Gasteiger partial charge in [-0.1, -0.05) is 13.8 Å². The number of hydrogen-bond donors (Lipinski definition) is 1. The molecular weight excluding hydrogens is 368 g/mol. The fraction of sp³-hybridized carbons (Fsp3) is 0.391. The summed E-state index contributed by atoms with van der Waals surface area (Å²) < 4.78 is 10.8. The van der Waals surface area contributed by atoms with Crippen LogP contribution in [0.15, 0.2) is 48.5 Å². The molecule has 3 rings (SSSR count). The summed E-state index contributed by atoms with van der Waals surface area (Å²) in [6.45, 7) is 5.36. The summed E-state index contributed by atoms with van der Waals surface area (Å²) in [5, 5.41) is 2.90. The summed E-state index contributed by atoms with van der Waals surface area (Å²) in [5.41, 5.74) is 1.47. The lowest BCUT2D eigenvalue weighted by atomic mass is 10.1. The Bertz CT molecular complexity index is 831. The largest absolute Gasteiger partial charge is 0.497 e. The number of nitrogens with one attached hydrogen (secondary N) is 1. The van der Waals surface area contributed by atoms with Crippen molar-refractivity contribution in [2.45, 2.75) is 26.7 Å². The van der Waals surface area contributed by atoms with E-state index in [0.717, 1.165) is 23.6 Å². The first-order valence-corrected chi connectivity index (χ1v) is 9.94. The lowest BCUT2D eigenvalue weighted by molar-refractivity contribution is -0.122. The Morgan fingerprint density at radius 2 is 1.76 bits per heavy atom. The number of amides is 2. The molecule has 1 aliphatic rings. The van der Waals surface area contributed by atoms with Crippen molar-refractivity contribution in [2.24, 2.45) is 11.8 Å². The van der Waals surface area contributed by atoms with Gasteiger partial charge >= 0.3 is 0 Å². The molecule has 1 fully saturated rings. The van der Waals surface area contributed by atoms with Crippen LogP contribution in [-0.4, -0.2) is 32.1 Å². The van der Waals surface area contributed by atoms with Gasteiger partial charge in [-0.2, -0.15) is 0 Å². The highest BCUT2D eigenvalue weighted by atomic mass is 16.5. The van der Waals surface area contributed by atoms with Gasteiger partial charge in [0.1, 0.15) is 11.5 Å². The van der Waals surface area contributed by atoms with Crippen LogP contribution >= 0.6 is 0 Å². The molecule has 154 valence electrons. The molecule has 1 N–H and O–H groups in total. The average molecular weight is 396 g/mol. The number of benzene rings is 2. The molecule has 2 aromatic carbocycles. The highest BCUT2D eigenvalue weighted by molar-refractivity contribution is 6.03. The molecule has 0 aromatic heterocycles. The van der Waals surface area contributed by atoms with E-state index in [-0.39, 0.29) is 24.2 Å². The second-order valence-electron chi connectivity index (χ2n) is 7.65. The molecule has 0 radical (unpaired) electrons.